The first-order valence-corrected chi connectivity index (χ1v) is 5.20. The van der Waals surface area contributed by atoms with Crippen LogP contribution in [0, 0.1) is 0 Å². The highest BCUT2D eigenvalue weighted by Gasteiger charge is 2.57. The van der Waals surface area contributed by atoms with Crippen LogP contribution in [-0.4, -0.2) is 40.6 Å². The molecule has 0 aliphatic carbocycles. The van der Waals surface area contributed by atoms with Gasteiger partial charge in [0.05, 0.1) is 6.61 Å². The zero-order valence-electron chi connectivity index (χ0n) is 8.85. The number of hydrogen-bond donors (Lipinski definition) is 0. The molecule has 0 saturated heterocycles. The Labute approximate surface area is 99.0 Å². The van der Waals surface area contributed by atoms with E-state index >= 15 is 0 Å². The molecule has 16 heavy (non-hydrogen) atoms. The number of esters is 1. The fourth-order valence-electron chi connectivity index (χ4n) is 1.30. The van der Waals surface area contributed by atoms with Gasteiger partial charge in [0.25, 0.3) is 0 Å². The predicted octanol–water partition coefficient (Wildman–Crippen LogP) is 1.67. The van der Waals surface area contributed by atoms with E-state index in [1.165, 1.54) is 0 Å². The maximum absolute atomic E-state index is 12.6. The molecular weight excluding hydrogens is 240 g/mol. The summed E-state index contributed by atoms with van der Waals surface area (Å²) in [5, 5.41) is 0. The molecule has 1 aliphatic heterocycles. The van der Waals surface area contributed by atoms with E-state index in [2.05, 4.69) is 21.0 Å². The summed E-state index contributed by atoms with van der Waals surface area (Å²) >= 11 is 2.08. The van der Waals surface area contributed by atoms with Crippen LogP contribution in [0.2, 0.25) is 0 Å². The number of carbonyl (C=O) groups excluding carboxylic acids is 1. The number of alkyl halides is 3. The minimum atomic E-state index is -4.52. The van der Waals surface area contributed by atoms with E-state index in [0.29, 0.717) is 0 Å². The Morgan fingerprint density at radius 2 is 2.19 bits per heavy atom. The van der Waals surface area contributed by atoms with Gasteiger partial charge in [0.1, 0.15) is 0 Å². The highest BCUT2D eigenvalue weighted by molar-refractivity contribution is 6.24. The maximum Gasteiger partial charge on any atom is 0.428 e. The first-order valence-electron chi connectivity index (χ1n) is 4.63. The van der Waals surface area contributed by atoms with Crippen molar-refractivity contribution in [3.05, 3.63) is 10.2 Å². The molecule has 0 aromatic rings. The second-order valence-electron chi connectivity index (χ2n) is 3.58. The van der Waals surface area contributed by atoms with Crippen LogP contribution in [0.4, 0.5) is 13.2 Å². The summed E-state index contributed by atoms with van der Waals surface area (Å²) < 4.78 is 47.4. The smallest absolute Gasteiger partial charge is 0.428 e. The van der Waals surface area contributed by atoms with Crippen LogP contribution in [0.3, 0.4) is 0 Å². The second-order valence-corrected chi connectivity index (χ2v) is 4.28. The molecule has 7 heteroatoms. The summed E-state index contributed by atoms with van der Waals surface area (Å²) in [5.74, 6) is -1.22. The van der Waals surface area contributed by atoms with Crippen LogP contribution >= 0.6 is 0 Å². The summed E-state index contributed by atoms with van der Waals surface area (Å²) in [5.41, 5.74) is -2.34. The Kier molecular flexibility index (Phi) is 3.60. The number of hydrogen-bond acceptors (Lipinski definition) is 3. The lowest BCUT2D eigenvalue weighted by Gasteiger charge is -2.27. The molecule has 88 valence electrons. The van der Waals surface area contributed by atoms with Crippen LogP contribution in [-0.2, 0) is 14.3 Å². The van der Waals surface area contributed by atoms with Gasteiger partial charge in [0.15, 0.2) is 22.0 Å². The Balaban J connectivity index is 2.86. The van der Waals surface area contributed by atoms with Crippen molar-refractivity contribution in [2.24, 2.45) is 0 Å². The van der Waals surface area contributed by atoms with E-state index in [9.17, 15) is 18.0 Å². The van der Waals surface area contributed by atoms with Crippen molar-refractivity contribution in [1.29, 1.82) is 0 Å². The Morgan fingerprint density at radius 1 is 1.62 bits per heavy atom. The van der Waals surface area contributed by atoms with Crippen molar-refractivity contribution in [3.63, 3.8) is 0 Å². The van der Waals surface area contributed by atoms with Crippen molar-refractivity contribution in [3.8, 4) is 0 Å². The third-order valence-corrected chi connectivity index (χ3v) is 2.67. The molecule has 2 radical (unpaired) electrons. The van der Waals surface area contributed by atoms with Crippen LogP contribution in [0.25, 0.3) is 0 Å². The van der Waals surface area contributed by atoms with Gasteiger partial charge in [-0.25, -0.2) is 4.79 Å². The molecule has 0 aromatic carbocycles. The van der Waals surface area contributed by atoms with Gasteiger partial charge in [0.2, 0.25) is 5.60 Å². The van der Waals surface area contributed by atoms with Crippen LogP contribution in [0.1, 0.15) is 20.3 Å². The summed E-state index contributed by atoms with van der Waals surface area (Å²) in [6, 6.07) is 0. The van der Waals surface area contributed by atoms with E-state index in [4.69, 9.17) is 4.74 Å². The SMILES string of the molecule is CCOC(=O)C1=[C]([Al])CC(C)(C(F)(F)F)O1. The first-order chi connectivity index (χ1) is 7.21. The van der Waals surface area contributed by atoms with Gasteiger partial charge in [-0.3, -0.25) is 0 Å². The zero-order valence-corrected chi connectivity index (χ0v) is 10.0. The fourth-order valence-corrected chi connectivity index (χ4v) is 1.86. The van der Waals surface area contributed by atoms with Gasteiger partial charge in [-0.1, -0.05) is 0 Å². The Morgan fingerprint density at radius 3 is 2.56 bits per heavy atom. The molecule has 1 heterocycles. The Hall–Kier alpha value is -0.668. The highest BCUT2D eigenvalue weighted by Crippen LogP contribution is 2.44. The van der Waals surface area contributed by atoms with E-state index in [1.54, 1.807) is 6.92 Å². The number of halogens is 3. The van der Waals surface area contributed by atoms with Crippen molar-refractivity contribution in [2.75, 3.05) is 6.61 Å². The van der Waals surface area contributed by atoms with E-state index in [1.807, 2.05) is 0 Å². The predicted molar refractivity (Wildman–Crippen MR) is 49.6 cm³/mol. The van der Waals surface area contributed by atoms with E-state index in [0.717, 1.165) is 6.92 Å². The van der Waals surface area contributed by atoms with Gasteiger partial charge in [-0.15, -0.1) is 4.44 Å². The Bertz CT molecular complexity index is 337. The van der Waals surface area contributed by atoms with Crippen molar-refractivity contribution in [2.45, 2.75) is 32.0 Å². The quantitative estimate of drug-likeness (QED) is 0.552. The normalized spacial score (nSPS) is 25.6. The summed E-state index contributed by atoms with van der Waals surface area (Å²) in [6.45, 7) is 2.56. The van der Waals surface area contributed by atoms with E-state index < -0.39 is 17.7 Å². The number of carbonyl (C=O) groups is 1. The zero-order chi connectivity index (χ0) is 12.6. The molecule has 1 atom stereocenters. The van der Waals surface area contributed by atoms with Gasteiger partial charge in [-0.2, -0.15) is 13.2 Å². The van der Waals surface area contributed by atoms with Gasteiger partial charge < -0.3 is 9.47 Å². The summed E-state index contributed by atoms with van der Waals surface area (Å²) in [7, 11) is 0. The lowest BCUT2D eigenvalue weighted by atomic mass is 10.0. The molecule has 0 aromatic heterocycles. The van der Waals surface area contributed by atoms with Crippen molar-refractivity contribution >= 4 is 22.3 Å². The van der Waals surface area contributed by atoms with E-state index in [-0.39, 0.29) is 23.2 Å². The first kappa shape index (κ1) is 13.4. The topological polar surface area (TPSA) is 35.5 Å². The van der Waals surface area contributed by atoms with Crippen molar-refractivity contribution in [1.82, 2.24) is 0 Å². The highest BCUT2D eigenvalue weighted by atomic mass is 27.0. The van der Waals surface area contributed by atoms with Crippen molar-refractivity contribution < 1.29 is 27.4 Å². The van der Waals surface area contributed by atoms with Gasteiger partial charge >= 0.3 is 12.1 Å². The molecule has 1 aliphatic rings. The second kappa shape index (κ2) is 4.30. The molecule has 0 saturated carbocycles. The summed E-state index contributed by atoms with van der Waals surface area (Å²) in [4.78, 5) is 11.3. The molecule has 1 rings (SSSR count). The van der Waals surface area contributed by atoms with Crippen LogP contribution in [0.15, 0.2) is 10.2 Å². The lowest BCUT2D eigenvalue weighted by molar-refractivity contribution is -0.251. The molecular formula is C9H10AlF3O3. The average molecular weight is 250 g/mol. The minimum absolute atomic E-state index is 0.0897. The molecule has 0 N–H and O–H groups in total. The molecule has 0 fully saturated rings. The monoisotopic (exact) mass is 250 g/mol. The minimum Gasteiger partial charge on any atom is -0.472 e. The third-order valence-electron chi connectivity index (χ3n) is 2.21. The van der Waals surface area contributed by atoms with Gasteiger partial charge in [0, 0.05) is 6.42 Å². The standard InChI is InChI=1S/C9H10F3O3.Al/c1-3-14-7(13)6-4-5-8(2,15-6)9(10,11)12;/h3,5H2,1-2H3;. The van der Waals surface area contributed by atoms with Crippen LogP contribution < -0.4 is 0 Å². The molecule has 3 nitrogen and oxygen atoms in total. The maximum atomic E-state index is 12.6. The van der Waals surface area contributed by atoms with Gasteiger partial charge in [-0.05, 0) is 13.8 Å². The average Bonchev–Trinajstić information content (AvgIpc) is 2.42. The fraction of sp³-hybridized carbons (Fsp3) is 0.667. The number of rotatable bonds is 2. The molecule has 0 spiro atoms. The third kappa shape index (κ3) is 2.36. The number of ether oxygens (including phenoxy) is 2. The molecule has 0 bridgehead atoms. The van der Waals surface area contributed by atoms with Crippen LogP contribution in [0.5, 0.6) is 0 Å². The summed E-state index contributed by atoms with van der Waals surface area (Å²) in [6.07, 6.45) is -4.90. The molecule has 1 unspecified atom stereocenters. The molecule has 0 amide bonds. The lowest BCUT2D eigenvalue weighted by Crippen LogP contribution is -2.42. The largest absolute Gasteiger partial charge is 0.472 e.